The number of amides is 4. The molecular formula is C38H28BrClN2O5. The minimum absolute atomic E-state index is 0.0696. The maximum Gasteiger partial charge on any atom is 0.246 e. The number of hydrogen-bond acceptors (Lipinski definition) is 5. The number of rotatable bonds is 4. The molecule has 0 spiro atoms. The lowest BCUT2D eigenvalue weighted by atomic mass is 9.49. The van der Waals surface area contributed by atoms with Gasteiger partial charge in [0.2, 0.25) is 23.6 Å². The number of carbonyl (C=O) groups excluding carboxylic acids is 4. The Hall–Kier alpha value is -4.53. The maximum absolute atomic E-state index is 15.2. The molecule has 6 atom stereocenters. The van der Waals surface area contributed by atoms with E-state index in [0.717, 1.165) is 15.6 Å². The highest BCUT2D eigenvalue weighted by Gasteiger charge is 2.70. The first-order chi connectivity index (χ1) is 22.7. The first-order valence-corrected chi connectivity index (χ1v) is 16.7. The summed E-state index contributed by atoms with van der Waals surface area (Å²) in [5, 5.41) is 10.7. The number of halogens is 2. The number of carbonyl (C=O) groups is 4. The number of benzene rings is 4. The summed E-state index contributed by atoms with van der Waals surface area (Å²) in [6.07, 6.45) is 2.57. The van der Waals surface area contributed by atoms with Gasteiger partial charge in [0, 0.05) is 15.4 Å². The molecule has 0 radical (unpaired) electrons. The van der Waals surface area contributed by atoms with Crippen LogP contribution in [0.3, 0.4) is 0 Å². The van der Waals surface area contributed by atoms with Gasteiger partial charge in [-0.2, -0.15) is 0 Å². The quantitative estimate of drug-likeness (QED) is 0.179. The molecule has 8 rings (SSSR count). The van der Waals surface area contributed by atoms with E-state index in [1.807, 2.05) is 36.4 Å². The second kappa shape index (κ2) is 11.0. The van der Waals surface area contributed by atoms with Crippen LogP contribution in [0.1, 0.15) is 29.9 Å². The summed E-state index contributed by atoms with van der Waals surface area (Å²) < 4.78 is 0.830. The van der Waals surface area contributed by atoms with Gasteiger partial charge in [-0.15, -0.1) is 0 Å². The van der Waals surface area contributed by atoms with E-state index in [1.54, 1.807) is 72.8 Å². The zero-order chi connectivity index (χ0) is 32.6. The number of nitrogens with zero attached hydrogens (tertiary/aromatic N) is 2. The Bertz CT molecular complexity index is 2000. The van der Waals surface area contributed by atoms with Crippen molar-refractivity contribution in [2.24, 2.45) is 23.7 Å². The molecule has 234 valence electrons. The molecule has 47 heavy (non-hydrogen) atoms. The molecular weight excluding hydrogens is 680 g/mol. The number of imide groups is 2. The molecule has 0 aromatic heterocycles. The lowest BCUT2D eigenvalue weighted by molar-refractivity contribution is -0.127. The fourth-order valence-electron chi connectivity index (χ4n) is 8.63. The van der Waals surface area contributed by atoms with E-state index in [4.69, 9.17) is 11.6 Å². The standard InChI is InChI=1S/C38H28BrClN2O5/c39-23-11-13-25(14-12-23)41-34(44)29-18-17-28-30(32(29)36(41)46)20-31-35(45)42(26-8-4-7-24(40)19-26)37(47)38(31,22-5-2-1-3-6-22)33(28)21-9-15-27(43)16-10-21/h1-17,19,29-33,43H,18,20H2/t29-,30+,31-,32-,33-,38+/m0/s1. The number of allylic oxidation sites excluding steroid dienone is 2. The van der Waals surface area contributed by atoms with Gasteiger partial charge in [-0.05, 0) is 84.5 Å². The summed E-state index contributed by atoms with van der Waals surface area (Å²) in [6, 6.07) is 29.9. The zero-order valence-electron chi connectivity index (χ0n) is 24.9. The van der Waals surface area contributed by atoms with Crippen LogP contribution in [0.5, 0.6) is 5.75 Å². The highest BCUT2D eigenvalue weighted by atomic mass is 79.9. The molecule has 0 bridgehead atoms. The van der Waals surface area contributed by atoms with Gasteiger partial charge < -0.3 is 5.11 Å². The van der Waals surface area contributed by atoms with Crippen LogP contribution >= 0.6 is 27.5 Å². The van der Waals surface area contributed by atoms with Gasteiger partial charge in [0.15, 0.2) is 0 Å². The Labute approximate surface area is 284 Å². The van der Waals surface area contributed by atoms with E-state index < -0.39 is 35.0 Å². The predicted molar refractivity (Wildman–Crippen MR) is 181 cm³/mol. The van der Waals surface area contributed by atoms with Crippen molar-refractivity contribution < 1.29 is 24.3 Å². The fourth-order valence-corrected chi connectivity index (χ4v) is 9.08. The molecule has 1 saturated carbocycles. The molecule has 4 aliphatic rings. The first kappa shape index (κ1) is 29.8. The summed E-state index contributed by atoms with van der Waals surface area (Å²) in [6.45, 7) is 0. The molecule has 4 amide bonds. The van der Waals surface area contributed by atoms with Gasteiger partial charge in [-0.25, -0.2) is 4.90 Å². The van der Waals surface area contributed by atoms with E-state index in [2.05, 4.69) is 15.9 Å². The SMILES string of the molecule is O=C1[C@H]2[C@H](CC=C3[C@H]2C[C@H]2C(=O)N(c4cccc(Cl)c4)C(=O)[C@@]2(c2ccccc2)[C@H]3c2ccc(O)cc2)C(=O)N1c1ccc(Br)cc1. The molecule has 4 aromatic rings. The average molecular weight is 708 g/mol. The molecule has 2 heterocycles. The third-order valence-electron chi connectivity index (χ3n) is 10.5. The van der Waals surface area contributed by atoms with Crippen LogP contribution in [-0.2, 0) is 24.6 Å². The van der Waals surface area contributed by atoms with Gasteiger partial charge in [-0.1, -0.05) is 87.7 Å². The highest BCUT2D eigenvalue weighted by Crippen LogP contribution is 2.64. The fraction of sp³-hybridized carbons (Fsp3) is 0.211. The molecule has 3 fully saturated rings. The normalized spacial score (nSPS) is 28.2. The van der Waals surface area contributed by atoms with Crippen molar-refractivity contribution in [2.75, 3.05) is 9.80 Å². The van der Waals surface area contributed by atoms with Crippen molar-refractivity contribution in [1.82, 2.24) is 0 Å². The van der Waals surface area contributed by atoms with E-state index >= 15 is 4.79 Å². The molecule has 4 aromatic carbocycles. The van der Waals surface area contributed by atoms with Gasteiger partial charge in [0.1, 0.15) is 5.75 Å². The van der Waals surface area contributed by atoms with E-state index in [0.29, 0.717) is 28.4 Å². The van der Waals surface area contributed by atoms with Crippen molar-refractivity contribution in [3.05, 3.63) is 135 Å². The third-order valence-corrected chi connectivity index (χ3v) is 11.2. The second-order valence-corrected chi connectivity index (χ2v) is 14.0. The van der Waals surface area contributed by atoms with Crippen LogP contribution in [0.15, 0.2) is 119 Å². The Morgan fingerprint density at radius 2 is 1.47 bits per heavy atom. The van der Waals surface area contributed by atoms with Crippen LogP contribution in [0.25, 0.3) is 0 Å². The Kier molecular flexibility index (Phi) is 7.00. The minimum atomic E-state index is -1.36. The van der Waals surface area contributed by atoms with Gasteiger partial charge >= 0.3 is 0 Å². The molecule has 9 heteroatoms. The number of fused-ring (bicyclic) bond motifs is 4. The van der Waals surface area contributed by atoms with Gasteiger partial charge in [-0.3, -0.25) is 24.1 Å². The average Bonchev–Trinajstić information content (AvgIpc) is 3.47. The largest absolute Gasteiger partial charge is 0.508 e. The summed E-state index contributed by atoms with van der Waals surface area (Å²) >= 11 is 9.79. The molecule has 2 aliphatic heterocycles. The third kappa shape index (κ3) is 4.31. The number of anilines is 2. The van der Waals surface area contributed by atoms with E-state index in [-0.39, 0.29) is 35.8 Å². The van der Waals surface area contributed by atoms with Gasteiger partial charge in [0.05, 0.1) is 34.5 Å². The lowest BCUT2D eigenvalue weighted by Crippen LogP contribution is -2.53. The first-order valence-electron chi connectivity index (χ1n) is 15.5. The zero-order valence-corrected chi connectivity index (χ0v) is 27.3. The summed E-state index contributed by atoms with van der Waals surface area (Å²) in [5.41, 5.74) is 1.82. The van der Waals surface area contributed by atoms with Crippen molar-refractivity contribution >= 4 is 62.5 Å². The van der Waals surface area contributed by atoms with Crippen LogP contribution in [0.4, 0.5) is 11.4 Å². The van der Waals surface area contributed by atoms with Crippen molar-refractivity contribution in [3.8, 4) is 5.75 Å². The van der Waals surface area contributed by atoms with Crippen LogP contribution < -0.4 is 9.80 Å². The highest BCUT2D eigenvalue weighted by molar-refractivity contribution is 9.10. The van der Waals surface area contributed by atoms with Crippen molar-refractivity contribution in [1.29, 1.82) is 0 Å². The Morgan fingerprint density at radius 1 is 0.745 bits per heavy atom. The molecule has 0 unspecified atom stereocenters. The minimum Gasteiger partial charge on any atom is -0.508 e. The molecule has 2 aliphatic carbocycles. The van der Waals surface area contributed by atoms with E-state index in [9.17, 15) is 19.5 Å². The van der Waals surface area contributed by atoms with Crippen molar-refractivity contribution in [2.45, 2.75) is 24.2 Å². The summed E-state index contributed by atoms with van der Waals surface area (Å²) in [5.74, 6) is -4.46. The number of hydrogen-bond donors (Lipinski definition) is 1. The maximum atomic E-state index is 15.2. The van der Waals surface area contributed by atoms with Crippen LogP contribution in [0, 0.1) is 23.7 Å². The number of phenolic OH excluding ortho intramolecular Hbond substituents is 1. The predicted octanol–water partition coefficient (Wildman–Crippen LogP) is 7.18. The van der Waals surface area contributed by atoms with E-state index in [1.165, 1.54) is 9.80 Å². The Balaban J connectivity index is 1.34. The molecule has 7 nitrogen and oxygen atoms in total. The number of phenols is 1. The lowest BCUT2D eigenvalue weighted by Gasteiger charge is -2.50. The summed E-state index contributed by atoms with van der Waals surface area (Å²) in [4.78, 5) is 60.7. The topological polar surface area (TPSA) is 95.0 Å². The molecule has 2 saturated heterocycles. The second-order valence-electron chi connectivity index (χ2n) is 12.7. The van der Waals surface area contributed by atoms with Crippen LogP contribution in [-0.4, -0.2) is 28.7 Å². The van der Waals surface area contributed by atoms with Gasteiger partial charge in [0.25, 0.3) is 0 Å². The van der Waals surface area contributed by atoms with Crippen LogP contribution in [0.2, 0.25) is 5.02 Å². The smallest absolute Gasteiger partial charge is 0.246 e. The Morgan fingerprint density at radius 3 is 2.17 bits per heavy atom. The molecule has 1 N–H and O–H groups in total. The number of aromatic hydroxyl groups is 1. The van der Waals surface area contributed by atoms with Crippen molar-refractivity contribution in [3.63, 3.8) is 0 Å². The monoisotopic (exact) mass is 706 g/mol. The summed E-state index contributed by atoms with van der Waals surface area (Å²) in [7, 11) is 0.